The number of nitrogens with zero attached hydrogens (tertiary/aromatic N) is 5. The van der Waals surface area contributed by atoms with E-state index in [1.54, 1.807) is 6.07 Å². The summed E-state index contributed by atoms with van der Waals surface area (Å²) in [5.41, 5.74) is 14.0. The second-order valence-electron chi connectivity index (χ2n) is 15.9. The van der Waals surface area contributed by atoms with E-state index in [1.807, 2.05) is 60.7 Å². The van der Waals surface area contributed by atoms with Crippen LogP contribution in [0.15, 0.2) is 95.8 Å². The van der Waals surface area contributed by atoms with Gasteiger partial charge in [-0.25, -0.2) is 16.8 Å². The molecule has 0 radical (unpaired) electrons. The van der Waals surface area contributed by atoms with Gasteiger partial charge in [-0.2, -0.15) is 4.58 Å². The molecule has 2 aromatic rings. The smallest absolute Gasteiger partial charge is 0.748 e. The number of ether oxygens (including phenoxy) is 3. The van der Waals surface area contributed by atoms with Crippen molar-refractivity contribution in [2.45, 2.75) is 64.2 Å². The fraction of sp³-hybridized carbons (Fsp3) is 0.500. The zero-order chi connectivity index (χ0) is 45.2. The second kappa shape index (κ2) is 25.7. The van der Waals surface area contributed by atoms with Gasteiger partial charge in [-0.3, -0.25) is 4.79 Å². The van der Waals surface area contributed by atoms with Crippen molar-refractivity contribution < 1.29 is 79.1 Å². The van der Waals surface area contributed by atoms with Gasteiger partial charge in [-0.15, -0.1) is 0 Å². The first-order chi connectivity index (χ1) is 29.5. The molecule has 0 unspecified atom stereocenters. The second-order valence-corrected chi connectivity index (χ2v) is 18.9. The van der Waals surface area contributed by atoms with E-state index in [4.69, 9.17) is 19.7 Å². The van der Waals surface area contributed by atoms with Crippen LogP contribution < -0.4 is 39.8 Å². The molecule has 0 atom stereocenters. The third-order valence-corrected chi connectivity index (χ3v) is 12.2. The number of carbonyl (C=O) groups excluding carboxylic acids is 1. The Bertz CT molecular complexity index is 2290. The van der Waals surface area contributed by atoms with Crippen molar-refractivity contribution in [1.82, 2.24) is 5.32 Å². The molecule has 338 valence electrons. The Morgan fingerprint density at radius 3 is 2.11 bits per heavy atom. The normalized spacial score (nSPS) is 16.2. The minimum atomic E-state index is -4.34. The standard InChI is InChI=1S/C44H60N6O10S2.Na/c1-43(2)36-16-10-11-17-38(36)49(24-12-14-32-61(52,53)54)40(43)18-8-6-5-7-9-19-41-44(3,4)37-34-35(20-21-39(37)50(41)25-13-15-33-62(55,56)57)42(51)46-22-26-58-28-30-60-31-29-59-27-23-47-48-45;/h5-11,16-21,34H,12-15,22-33H2,1-4H3,(H2-,46,51,52,53,54,55,56,57);/q;+1/p-1. The number of nitrogens with one attached hydrogen (secondary N) is 1. The maximum Gasteiger partial charge on any atom is 1.00 e. The van der Waals surface area contributed by atoms with Gasteiger partial charge in [0.2, 0.25) is 5.69 Å². The van der Waals surface area contributed by atoms with Crippen LogP contribution in [-0.2, 0) is 45.3 Å². The maximum absolute atomic E-state index is 13.2. The molecule has 0 saturated carbocycles. The van der Waals surface area contributed by atoms with Crippen LogP contribution in [0.5, 0.6) is 0 Å². The van der Waals surface area contributed by atoms with Crippen LogP contribution in [0.3, 0.4) is 0 Å². The van der Waals surface area contributed by atoms with Crippen molar-refractivity contribution >= 4 is 43.2 Å². The zero-order valence-electron chi connectivity index (χ0n) is 37.0. The number of hydrogen-bond acceptors (Lipinski definition) is 12. The number of allylic oxidation sites excluding steroid dienone is 8. The molecule has 1 N–H and O–H groups in total. The van der Waals surface area contributed by atoms with E-state index >= 15 is 0 Å². The molecule has 0 aliphatic carbocycles. The number of azide groups is 1. The predicted octanol–water partition coefficient (Wildman–Crippen LogP) is 3.16. The van der Waals surface area contributed by atoms with E-state index in [-0.39, 0.29) is 66.0 Å². The Morgan fingerprint density at radius 2 is 1.43 bits per heavy atom. The quantitative estimate of drug-likeness (QED) is 0.0200. The van der Waals surface area contributed by atoms with E-state index in [0.29, 0.717) is 77.7 Å². The molecule has 0 fully saturated rings. The summed E-state index contributed by atoms with van der Waals surface area (Å²) >= 11 is 0. The van der Waals surface area contributed by atoms with Crippen LogP contribution in [0.4, 0.5) is 11.4 Å². The first-order valence-corrected chi connectivity index (χ1v) is 23.9. The summed E-state index contributed by atoms with van der Waals surface area (Å²) in [6.45, 7) is 12.2. The average molecular weight is 919 g/mol. The number of hydrogen-bond donors (Lipinski definition) is 1. The van der Waals surface area contributed by atoms with Gasteiger partial charge in [0.1, 0.15) is 6.54 Å². The summed E-state index contributed by atoms with van der Waals surface area (Å²) in [7, 11) is -8.60. The largest absolute Gasteiger partial charge is 1.00 e. The molecule has 16 nitrogen and oxygen atoms in total. The number of para-hydroxylation sites is 1. The number of benzene rings is 2. The van der Waals surface area contributed by atoms with Crippen molar-refractivity contribution in [3.63, 3.8) is 0 Å². The van der Waals surface area contributed by atoms with Crippen LogP contribution in [0.25, 0.3) is 10.4 Å². The molecule has 2 aliphatic rings. The van der Waals surface area contributed by atoms with Gasteiger partial charge in [-0.1, -0.05) is 67.5 Å². The summed E-state index contributed by atoms with van der Waals surface area (Å²) in [5, 5.41) is 6.29. The Balaban J connectivity index is 0.0000106. The van der Waals surface area contributed by atoms with E-state index in [1.165, 1.54) is 5.56 Å². The zero-order valence-corrected chi connectivity index (χ0v) is 40.7. The first kappa shape index (κ1) is 53.7. The summed E-state index contributed by atoms with van der Waals surface area (Å²) in [4.78, 5) is 18.0. The van der Waals surface area contributed by atoms with Crippen molar-refractivity contribution in [3.8, 4) is 0 Å². The maximum atomic E-state index is 13.2. The van der Waals surface area contributed by atoms with E-state index < -0.39 is 31.4 Å². The Hall–Kier alpha value is -3.65. The van der Waals surface area contributed by atoms with Crippen LogP contribution in [0, 0.1) is 0 Å². The minimum absolute atomic E-state index is 0. The number of carbonyl (C=O) groups is 1. The molecule has 2 heterocycles. The third kappa shape index (κ3) is 16.7. The molecule has 2 aromatic carbocycles. The summed E-state index contributed by atoms with van der Waals surface area (Å²) in [6.07, 6.45) is 15.3. The van der Waals surface area contributed by atoms with Gasteiger partial charge in [-0.05, 0) is 68.5 Å². The fourth-order valence-corrected chi connectivity index (χ4v) is 8.67. The van der Waals surface area contributed by atoms with Crippen molar-refractivity contribution in [2.24, 2.45) is 5.11 Å². The molecular weight excluding hydrogens is 860 g/mol. The van der Waals surface area contributed by atoms with Crippen molar-refractivity contribution in [2.75, 3.05) is 82.2 Å². The molecule has 0 spiro atoms. The molecule has 2 aliphatic heterocycles. The molecule has 1 amide bonds. The SMILES string of the molecule is CC1(C)C(/C=C/C=C/C=C/C=C2/N(CCCCS(=O)(=O)[O-])c3ccc(C(=O)NCCOCCOCCOCCN=[N+]=[N-])cc3C2(C)C)=[N+](CCCCS(=O)(=O)[O-])c2ccccc21.[Na+]. The number of fused-ring (bicyclic) bond motifs is 2. The third-order valence-electron chi connectivity index (χ3n) is 10.6. The molecule has 63 heavy (non-hydrogen) atoms. The molecule has 0 saturated heterocycles. The number of rotatable bonds is 27. The average Bonchev–Trinajstić information content (AvgIpc) is 3.56. The van der Waals surface area contributed by atoms with Crippen LogP contribution >= 0.6 is 0 Å². The number of unbranched alkanes of at least 4 members (excludes halogenated alkanes) is 2. The Kier molecular flexibility index (Phi) is 21.9. The predicted molar refractivity (Wildman–Crippen MR) is 238 cm³/mol. The van der Waals surface area contributed by atoms with Gasteiger partial charge in [0.05, 0.1) is 65.3 Å². The molecular formula is C44H59N6NaO10S2. The molecule has 0 bridgehead atoms. The van der Waals surface area contributed by atoms with Gasteiger partial charge in [0.15, 0.2) is 5.71 Å². The van der Waals surface area contributed by atoms with E-state index in [2.05, 4.69) is 70.7 Å². The minimum Gasteiger partial charge on any atom is -0.748 e. The molecule has 4 rings (SSSR count). The Morgan fingerprint density at radius 1 is 0.810 bits per heavy atom. The van der Waals surface area contributed by atoms with Gasteiger partial charge in [0, 0.05) is 82.5 Å². The first-order valence-electron chi connectivity index (χ1n) is 20.8. The molecule has 0 aromatic heterocycles. The fourth-order valence-electron chi connectivity index (χ4n) is 7.55. The number of anilines is 1. The van der Waals surface area contributed by atoms with E-state index in [9.17, 15) is 30.7 Å². The molecule has 19 heteroatoms. The van der Waals surface area contributed by atoms with Gasteiger partial charge >= 0.3 is 29.6 Å². The Labute approximate surface area is 394 Å². The summed E-state index contributed by atoms with van der Waals surface area (Å²) < 4.78 is 85.9. The van der Waals surface area contributed by atoms with Crippen LogP contribution in [-0.4, -0.2) is 119 Å². The van der Waals surface area contributed by atoms with Gasteiger partial charge < -0.3 is 33.5 Å². The summed E-state index contributed by atoms with van der Waals surface area (Å²) in [5.74, 6) is -1.07. The monoisotopic (exact) mass is 918 g/mol. The van der Waals surface area contributed by atoms with Crippen LogP contribution in [0.1, 0.15) is 74.9 Å². The number of amides is 1. The van der Waals surface area contributed by atoms with Crippen molar-refractivity contribution in [3.05, 3.63) is 118 Å². The van der Waals surface area contributed by atoms with Crippen LogP contribution in [0.2, 0.25) is 0 Å². The topological polar surface area (TPSA) is 226 Å². The summed E-state index contributed by atoms with van der Waals surface area (Å²) in [6, 6.07) is 13.7. The van der Waals surface area contributed by atoms with Gasteiger partial charge in [0.25, 0.3) is 5.91 Å². The van der Waals surface area contributed by atoms with E-state index in [0.717, 1.165) is 28.3 Å². The van der Waals surface area contributed by atoms with Crippen molar-refractivity contribution in [1.29, 1.82) is 0 Å².